The number of hydrogen-bond donors (Lipinski definition) is 1. The van der Waals surface area contributed by atoms with Crippen molar-refractivity contribution in [2.45, 2.75) is 57.6 Å². The Kier molecular flexibility index (Phi) is 7.18. The molecular formula is C22H30N2O6. The molecule has 0 aromatic heterocycles. The second-order valence-corrected chi connectivity index (χ2v) is 7.87. The van der Waals surface area contributed by atoms with E-state index in [-0.39, 0.29) is 30.8 Å². The monoisotopic (exact) mass is 418 g/mol. The van der Waals surface area contributed by atoms with E-state index < -0.39 is 18.0 Å². The van der Waals surface area contributed by atoms with Gasteiger partial charge in [0.25, 0.3) is 5.91 Å². The van der Waals surface area contributed by atoms with Crippen LogP contribution < -0.4 is 19.7 Å². The molecule has 1 N–H and O–H groups in total. The number of nitrogens with one attached hydrogen (secondary N) is 1. The first kappa shape index (κ1) is 21.9. The smallest absolute Gasteiger partial charge is 0.312 e. The minimum Gasteiger partial charge on any atom is -0.497 e. The summed E-state index contributed by atoms with van der Waals surface area (Å²) in [4.78, 5) is 39.0. The average molecular weight is 418 g/mol. The molecule has 2 fully saturated rings. The highest BCUT2D eigenvalue weighted by Crippen LogP contribution is 2.36. The quantitative estimate of drug-likeness (QED) is 0.684. The second kappa shape index (κ2) is 9.82. The van der Waals surface area contributed by atoms with Gasteiger partial charge in [-0.25, -0.2) is 0 Å². The molecule has 164 valence electrons. The number of carbonyl (C=O) groups excluding carboxylic acids is 3. The van der Waals surface area contributed by atoms with Gasteiger partial charge >= 0.3 is 5.97 Å². The van der Waals surface area contributed by atoms with Crippen LogP contribution in [0.25, 0.3) is 0 Å². The van der Waals surface area contributed by atoms with Crippen LogP contribution in [0.1, 0.15) is 45.4 Å². The highest BCUT2D eigenvalue weighted by molar-refractivity contribution is 6.01. The summed E-state index contributed by atoms with van der Waals surface area (Å²) in [6.07, 6.45) is 4.47. The molecule has 1 heterocycles. The van der Waals surface area contributed by atoms with Gasteiger partial charge in [0.05, 0.1) is 25.8 Å². The molecule has 3 rings (SSSR count). The van der Waals surface area contributed by atoms with Crippen molar-refractivity contribution in [1.29, 1.82) is 0 Å². The summed E-state index contributed by atoms with van der Waals surface area (Å²) in [5, 5.41) is 2.96. The van der Waals surface area contributed by atoms with Gasteiger partial charge in [-0.15, -0.1) is 0 Å². The van der Waals surface area contributed by atoms with Crippen molar-refractivity contribution < 1.29 is 28.6 Å². The highest BCUT2D eigenvalue weighted by atomic mass is 16.5. The summed E-state index contributed by atoms with van der Waals surface area (Å²) in [6.45, 7) is 1.74. The topological polar surface area (TPSA) is 94.2 Å². The summed E-state index contributed by atoms with van der Waals surface area (Å²) in [5.74, 6) is -0.556. The molecular weight excluding hydrogens is 388 g/mol. The number of rotatable bonds is 7. The van der Waals surface area contributed by atoms with Gasteiger partial charge in [0.2, 0.25) is 5.91 Å². The molecule has 1 aliphatic heterocycles. The van der Waals surface area contributed by atoms with Crippen molar-refractivity contribution in [2.24, 2.45) is 5.92 Å². The van der Waals surface area contributed by atoms with E-state index in [1.54, 1.807) is 32.2 Å². The third-order valence-electron chi connectivity index (χ3n) is 5.75. The first-order valence-electron chi connectivity index (χ1n) is 10.5. The van der Waals surface area contributed by atoms with Crippen molar-refractivity contribution in [3.8, 4) is 11.5 Å². The lowest BCUT2D eigenvalue weighted by Gasteiger charge is -2.24. The molecule has 30 heavy (non-hydrogen) atoms. The van der Waals surface area contributed by atoms with Crippen molar-refractivity contribution in [3.05, 3.63) is 18.2 Å². The van der Waals surface area contributed by atoms with Gasteiger partial charge in [-0.3, -0.25) is 14.4 Å². The normalized spacial score (nSPS) is 20.6. The number of hydrogen-bond acceptors (Lipinski definition) is 6. The largest absolute Gasteiger partial charge is 0.497 e. The number of nitrogens with zero attached hydrogens (tertiary/aromatic N) is 1. The first-order chi connectivity index (χ1) is 14.4. The Bertz CT molecular complexity index is 790. The number of anilines is 1. The van der Waals surface area contributed by atoms with Gasteiger partial charge < -0.3 is 24.4 Å². The van der Waals surface area contributed by atoms with Crippen molar-refractivity contribution >= 4 is 23.5 Å². The van der Waals surface area contributed by atoms with E-state index >= 15 is 0 Å². The molecule has 1 aromatic carbocycles. The zero-order valence-electron chi connectivity index (χ0n) is 17.8. The molecule has 1 aliphatic carbocycles. The Morgan fingerprint density at radius 2 is 1.87 bits per heavy atom. The van der Waals surface area contributed by atoms with Gasteiger partial charge in [-0.05, 0) is 31.9 Å². The molecule has 2 atom stereocenters. The lowest BCUT2D eigenvalue weighted by molar-refractivity contribution is -0.158. The molecule has 0 spiro atoms. The molecule has 0 bridgehead atoms. The third kappa shape index (κ3) is 5.04. The number of amides is 2. The maximum atomic E-state index is 12.6. The van der Waals surface area contributed by atoms with Crippen LogP contribution in [0.4, 0.5) is 5.69 Å². The molecule has 0 radical (unpaired) electrons. The van der Waals surface area contributed by atoms with Gasteiger partial charge in [0, 0.05) is 25.1 Å². The van der Waals surface area contributed by atoms with Crippen LogP contribution in [-0.4, -0.2) is 50.7 Å². The number of ether oxygens (including phenoxy) is 3. The van der Waals surface area contributed by atoms with Crippen LogP contribution in [0.15, 0.2) is 18.2 Å². The highest BCUT2D eigenvalue weighted by Gasteiger charge is 2.38. The number of methoxy groups -OCH3 is 2. The van der Waals surface area contributed by atoms with E-state index in [0.29, 0.717) is 17.2 Å². The fourth-order valence-electron chi connectivity index (χ4n) is 4.00. The number of carbonyl (C=O) groups is 3. The van der Waals surface area contributed by atoms with Crippen LogP contribution >= 0.6 is 0 Å². The fourth-order valence-corrected chi connectivity index (χ4v) is 4.00. The Morgan fingerprint density at radius 1 is 1.13 bits per heavy atom. The number of benzene rings is 1. The minimum atomic E-state index is -0.890. The van der Waals surface area contributed by atoms with E-state index in [4.69, 9.17) is 14.2 Å². The Morgan fingerprint density at radius 3 is 2.53 bits per heavy atom. The molecule has 8 nitrogen and oxygen atoms in total. The molecule has 8 heteroatoms. The van der Waals surface area contributed by atoms with Crippen molar-refractivity contribution in [1.82, 2.24) is 5.32 Å². The second-order valence-electron chi connectivity index (χ2n) is 7.87. The molecule has 1 aromatic rings. The van der Waals surface area contributed by atoms with Crippen LogP contribution in [0.3, 0.4) is 0 Å². The molecule has 1 saturated carbocycles. The van der Waals surface area contributed by atoms with E-state index in [9.17, 15) is 14.4 Å². The summed E-state index contributed by atoms with van der Waals surface area (Å²) in [6, 6.07) is 5.29. The fraction of sp³-hybridized carbons (Fsp3) is 0.591. The SMILES string of the molecule is COc1ccc(N2C[C@H](C(=O)O[C@@H](C)C(=O)NC3CCCCC3)CC2=O)c(OC)c1. The van der Waals surface area contributed by atoms with Crippen LogP contribution in [-0.2, 0) is 19.1 Å². The van der Waals surface area contributed by atoms with E-state index in [2.05, 4.69) is 5.32 Å². The molecule has 2 aliphatic rings. The van der Waals surface area contributed by atoms with Gasteiger partial charge in [-0.2, -0.15) is 0 Å². The van der Waals surface area contributed by atoms with Crippen molar-refractivity contribution in [3.63, 3.8) is 0 Å². The Balaban J connectivity index is 1.59. The van der Waals surface area contributed by atoms with Crippen molar-refractivity contribution in [2.75, 3.05) is 25.7 Å². The van der Waals surface area contributed by atoms with Crippen LogP contribution in [0.2, 0.25) is 0 Å². The van der Waals surface area contributed by atoms with E-state index in [1.165, 1.54) is 18.4 Å². The van der Waals surface area contributed by atoms with Crippen LogP contribution in [0.5, 0.6) is 11.5 Å². The Hall–Kier alpha value is -2.77. The zero-order chi connectivity index (χ0) is 21.7. The maximum Gasteiger partial charge on any atom is 0.312 e. The lowest BCUT2D eigenvalue weighted by Crippen LogP contribution is -2.43. The van der Waals surface area contributed by atoms with Gasteiger partial charge in [0.1, 0.15) is 11.5 Å². The Labute approximate surface area is 176 Å². The van der Waals surface area contributed by atoms with E-state index in [1.807, 2.05) is 0 Å². The molecule has 2 amide bonds. The predicted octanol–water partition coefficient (Wildman–Crippen LogP) is 2.44. The van der Waals surface area contributed by atoms with Crippen LogP contribution in [0, 0.1) is 5.92 Å². The van der Waals surface area contributed by atoms with Gasteiger partial charge in [0.15, 0.2) is 6.10 Å². The summed E-state index contributed by atoms with van der Waals surface area (Å²) in [5.41, 5.74) is 0.571. The molecule has 1 saturated heterocycles. The zero-order valence-corrected chi connectivity index (χ0v) is 17.8. The predicted molar refractivity (Wildman–Crippen MR) is 111 cm³/mol. The summed E-state index contributed by atoms with van der Waals surface area (Å²) >= 11 is 0. The summed E-state index contributed by atoms with van der Waals surface area (Å²) < 4.78 is 15.9. The average Bonchev–Trinajstić information content (AvgIpc) is 3.15. The minimum absolute atomic E-state index is 0.0327. The lowest BCUT2D eigenvalue weighted by atomic mass is 9.95. The summed E-state index contributed by atoms with van der Waals surface area (Å²) in [7, 11) is 3.06. The van der Waals surface area contributed by atoms with E-state index in [0.717, 1.165) is 25.7 Å². The first-order valence-corrected chi connectivity index (χ1v) is 10.5. The standard InChI is InChI=1S/C22H30N2O6/c1-14(21(26)23-16-7-5-4-6-8-16)30-22(27)15-11-20(25)24(13-15)18-10-9-17(28-2)12-19(18)29-3/h9-10,12,14-16H,4-8,11,13H2,1-3H3,(H,23,26)/t14-,15+/m0/s1. The molecule has 0 unspecified atom stereocenters. The number of esters is 1. The third-order valence-corrected chi connectivity index (χ3v) is 5.75. The maximum absolute atomic E-state index is 12.6. The van der Waals surface area contributed by atoms with Gasteiger partial charge in [-0.1, -0.05) is 19.3 Å².